The highest BCUT2D eigenvalue weighted by molar-refractivity contribution is 6.36. The lowest BCUT2D eigenvalue weighted by atomic mass is 10.2. The number of nitro groups is 1. The van der Waals surface area contributed by atoms with Gasteiger partial charge in [-0.2, -0.15) is 0 Å². The van der Waals surface area contributed by atoms with Gasteiger partial charge in [-0.05, 0) is 24.3 Å². The van der Waals surface area contributed by atoms with Crippen molar-refractivity contribution in [1.82, 2.24) is 5.32 Å². The van der Waals surface area contributed by atoms with E-state index in [-0.39, 0.29) is 30.2 Å². The quantitative estimate of drug-likeness (QED) is 0.252. The van der Waals surface area contributed by atoms with Crippen LogP contribution in [-0.4, -0.2) is 41.0 Å². The Bertz CT molecular complexity index is 910. The first-order chi connectivity index (χ1) is 13.8. The lowest BCUT2D eigenvalue weighted by Gasteiger charge is -2.15. The number of benzene rings is 2. The molecule has 29 heavy (non-hydrogen) atoms. The summed E-state index contributed by atoms with van der Waals surface area (Å²) in [4.78, 5) is 34.0. The van der Waals surface area contributed by atoms with Gasteiger partial charge in [0.15, 0.2) is 0 Å². The number of hydrogen-bond acceptors (Lipinski definition) is 6. The molecule has 2 aromatic rings. The van der Waals surface area contributed by atoms with Crippen LogP contribution in [-0.2, 0) is 9.59 Å². The van der Waals surface area contributed by atoms with Gasteiger partial charge in [-0.25, -0.2) is 0 Å². The number of carboxylic acids is 1. The van der Waals surface area contributed by atoms with E-state index < -0.39 is 22.8 Å². The van der Waals surface area contributed by atoms with Crippen LogP contribution in [0, 0.1) is 10.1 Å². The zero-order valence-electron chi connectivity index (χ0n) is 15.0. The molecule has 0 spiro atoms. The van der Waals surface area contributed by atoms with E-state index in [1.807, 2.05) is 0 Å². The zero-order valence-corrected chi connectivity index (χ0v) is 16.5. The topological polar surface area (TPSA) is 134 Å². The Labute approximate surface area is 176 Å². The van der Waals surface area contributed by atoms with E-state index >= 15 is 0 Å². The third-order valence-electron chi connectivity index (χ3n) is 3.82. The van der Waals surface area contributed by atoms with Crippen molar-refractivity contribution in [3.05, 3.63) is 62.6 Å². The molecule has 0 saturated heterocycles. The number of para-hydroxylation sites is 2. The summed E-state index contributed by atoms with van der Waals surface area (Å²) in [7, 11) is 0. The second-order valence-corrected chi connectivity index (χ2v) is 6.77. The smallest absolute Gasteiger partial charge is 0.321 e. The first-order valence-electron chi connectivity index (χ1n) is 8.46. The van der Waals surface area contributed by atoms with Crippen LogP contribution in [0.4, 0.5) is 17.1 Å². The molecule has 9 nitrogen and oxygen atoms in total. The first-order valence-corrected chi connectivity index (χ1v) is 9.22. The van der Waals surface area contributed by atoms with Crippen molar-refractivity contribution in [3.8, 4) is 0 Å². The summed E-state index contributed by atoms with van der Waals surface area (Å²) in [6, 6.07) is 9.49. The standard InChI is InChI=1S/C18H18Cl2N4O5/c19-11-5-6-13(12(20)9-11)23-17(25)10-15(18(26)27)22-8-7-21-14-3-1-2-4-16(14)24(28)29/h1-6,9,15,21-22H,7-8,10H2,(H,23,25)(H,26,27)/t15-/m1/s1. The number of nitrogens with zero attached hydrogens (tertiary/aromatic N) is 1. The van der Waals surface area contributed by atoms with Gasteiger partial charge in [-0.3, -0.25) is 19.7 Å². The zero-order chi connectivity index (χ0) is 21.4. The molecule has 0 saturated carbocycles. The van der Waals surface area contributed by atoms with Crippen LogP contribution in [0.2, 0.25) is 10.0 Å². The molecule has 11 heteroatoms. The molecule has 0 fully saturated rings. The van der Waals surface area contributed by atoms with E-state index in [2.05, 4.69) is 16.0 Å². The number of carbonyl (C=O) groups is 2. The summed E-state index contributed by atoms with van der Waals surface area (Å²) < 4.78 is 0. The highest BCUT2D eigenvalue weighted by atomic mass is 35.5. The Hall–Kier alpha value is -2.88. The summed E-state index contributed by atoms with van der Waals surface area (Å²) >= 11 is 11.8. The summed E-state index contributed by atoms with van der Waals surface area (Å²) in [6.45, 7) is 0.386. The van der Waals surface area contributed by atoms with Gasteiger partial charge in [0, 0.05) is 24.2 Å². The molecule has 0 aliphatic heterocycles. The number of nitro benzene ring substituents is 1. The molecule has 1 atom stereocenters. The highest BCUT2D eigenvalue weighted by Crippen LogP contribution is 2.25. The van der Waals surface area contributed by atoms with Crippen LogP contribution < -0.4 is 16.0 Å². The number of carboxylic acid groups (broad SMARTS) is 1. The molecule has 2 rings (SSSR count). The van der Waals surface area contributed by atoms with E-state index in [4.69, 9.17) is 23.2 Å². The van der Waals surface area contributed by atoms with E-state index in [0.717, 1.165) is 0 Å². The van der Waals surface area contributed by atoms with Gasteiger partial charge in [0.05, 0.1) is 22.1 Å². The van der Waals surface area contributed by atoms with Crippen LogP contribution >= 0.6 is 23.2 Å². The van der Waals surface area contributed by atoms with Gasteiger partial charge in [-0.1, -0.05) is 35.3 Å². The van der Waals surface area contributed by atoms with E-state index in [1.54, 1.807) is 24.3 Å². The molecule has 0 unspecified atom stereocenters. The normalized spacial score (nSPS) is 11.5. The van der Waals surface area contributed by atoms with Crippen molar-refractivity contribution < 1.29 is 19.6 Å². The Kier molecular flexibility index (Phi) is 8.20. The van der Waals surface area contributed by atoms with Gasteiger partial charge >= 0.3 is 5.97 Å². The molecule has 0 heterocycles. The average Bonchev–Trinajstić information content (AvgIpc) is 2.66. The monoisotopic (exact) mass is 440 g/mol. The second kappa shape index (κ2) is 10.6. The minimum absolute atomic E-state index is 0.0819. The summed E-state index contributed by atoms with van der Waals surface area (Å²) in [5, 5.41) is 29.1. The minimum atomic E-state index is -1.20. The molecule has 0 radical (unpaired) electrons. The number of nitrogens with one attached hydrogen (secondary N) is 3. The van der Waals surface area contributed by atoms with E-state index in [1.165, 1.54) is 18.2 Å². The van der Waals surface area contributed by atoms with Crippen molar-refractivity contribution in [3.63, 3.8) is 0 Å². The molecule has 0 aromatic heterocycles. The Morgan fingerprint density at radius 1 is 1.10 bits per heavy atom. The molecule has 2 aromatic carbocycles. The lowest BCUT2D eigenvalue weighted by molar-refractivity contribution is -0.384. The van der Waals surface area contributed by atoms with Crippen LogP contribution in [0.25, 0.3) is 0 Å². The van der Waals surface area contributed by atoms with Crippen molar-refractivity contribution in [2.75, 3.05) is 23.7 Å². The fourth-order valence-corrected chi connectivity index (χ4v) is 2.91. The largest absolute Gasteiger partial charge is 0.480 e. The Balaban J connectivity index is 1.86. The summed E-state index contributed by atoms with van der Waals surface area (Å²) in [5.41, 5.74) is 0.561. The molecular weight excluding hydrogens is 423 g/mol. The van der Waals surface area contributed by atoms with Crippen LogP contribution in [0.3, 0.4) is 0 Å². The highest BCUT2D eigenvalue weighted by Gasteiger charge is 2.21. The number of amides is 1. The van der Waals surface area contributed by atoms with Gasteiger partial charge < -0.3 is 21.1 Å². The molecule has 1 amide bonds. The van der Waals surface area contributed by atoms with Crippen molar-refractivity contribution in [2.24, 2.45) is 0 Å². The number of halogens is 2. The number of aliphatic carboxylic acids is 1. The molecule has 0 aliphatic rings. The molecular formula is C18H18Cl2N4O5. The lowest BCUT2D eigenvalue weighted by Crippen LogP contribution is -2.41. The minimum Gasteiger partial charge on any atom is -0.480 e. The maximum Gasteiger partial charge on any atom is 0.321 e. The molecule has 154 valence electrons. The van der Waals surface area contributed by atoms with Gasteiger partial charge in [0.2, 0.25) is 5.91 Å². The Morgan fingerprint density at radius 3 is 2.48 bits per heavy atom. The van der Waals surface area contributed by atoms with Crippen LogP contribution in [0.1, 0.15) is 6.42 Å². The molecule has 4 N–H and O–H groups in total. The summed E-state index contributed by atoms with van der Waals surface area (Å²) in [6.07, 6.45) is -0.334. The SMILES string of the molecule is O=C(C[C@@H](NCCNc1ccccc1[N+](=O)[O-])C(=O)O)Nc1ccc(Cl)cc1Cl. The van der Waals surface area contributed by atoms with E-state index in [9.17, 15) is 24.8 Å². The maximum atomic E-state index is 12.1. The summed E-state index contributed by atoms with van der Waals surface area (Å²) in [5.74, 6) is -1.74. The van der Waals surface area contributed by atoms with Crippen molar-refractivity contribution in [1.29, 1.82) is 0 Å². The fraction of sp³-hybridized carbons (Fsp3) is 0.222. The third-order valence-corrected chi connectivity index (χ3v) is 4.37. The second-order valence-electron chi connectivity index (χ2n) is 5.92. The Morgan fingerprint density at radius 2 is 1.83 bits per heavy atom. The predicted molar refractivity (Wildman–Crippen MR) is 111 cm³/mol. The molecule has 0 bridgehead atoms. The van der Waals surface area contributed by atoms with Gasteiger partial charge in [0.1, 0.15) is 11.7 Å². The number of anilines is 2. The predicted octanol–water partition coefficient (Wildman–Crippen LogP) is 3.39. The van der Waals surface area contributed by atoms with Crippen molar-refractivity contribution >= 4 is 52.1 Å². The maximum absolute atomic E-state index is 12.1. The van der Waals surface area contributed by atoms with Gasteiger partial charge in [-0.15, -0.1) is 0 Å². The number of hydrogen-bond donors (Lipinski definition) is 4. The average molecular weight is 441 g/mol. The number of rotatable bonds is 10. The van der Waals surface area contributed by atoms with Crippen LogP contribution in [0.5, 0.6) is 0 Å². The number of carbonyl (C=O) groups excluding carboxylic acids is 1. The van der Waals surface area contributed by atoms with Gasteiger partial charge in [0.25, 0.3) is 5.69 Å². The van der Waals surface area contributed by atoms with Crippen molar-refractivity contribution in [2.45, 2.75) is 12.5 Å². The first kappa shape index (κ1) is 22.4. The fourth-order valence-electron chi connectivity index (χ4n) is 2.45. The third kappa shape index (κ3) is 6.90. The molecule has 0 aliphatic carbocycles. The van der Waals surface area contributed by atoms with Crippen LogP contribution in [0.15, 0.2) is 42.5 Å². The van der Waals surface area contributed by atoms with E-state index in [0.29, 0.717) is 16.4 Å².